The van der Waals surface area contributed by atoms with Crippen molar-refractivity contribution in [3.05, 3.63) is 79.2 Å². The Balaban J connectivity index is 1.87. The summed E-state index contributed by atoms with van der Waals surface area (Å²) in [7, 11) is -4.44. The molecule has 0 radical (unpaired) electrons. The van der Waals surface area contributed by atoms with Crippen molar-refractivity contribution >= 4 is 67.2 Å². The van der Waals surface area contributed by atoms with Gasteiger partial charge >= 0.3 is 11.9 Å². The van der Waals surface area contributed by atoms with Crippen LogP contribution < -0.4 is 9.47 Å². The van der Waals surface area contributed by atoms with Crippen LogP contribution in [0.3, 0.4) is 0 Å². The zero-order valence-corrected chi connectivity index (χ0v) is 19.9. The van der Waals surface area contributed by atoms with E-state index in [1.165, 1.54) is 30.5 Å². The fourth-order valence-electron chi connectivity index (χ4n) is 2.38. The van der Waals surface area contributed by atoms with Crippen molar-refractivity contribution in [2.75, 3.05) is 0 Å². The number of para-hydroxylation sites is 1. The number of halogens is 2. The van der Waals surface area contributed by atoms with Crippen molar-refractivity contribution in [3.63, 3.8) is 0 Å². The van der Waals surface area contributed by atoms with E-state index in [1.54, 1.807) is 75.5 Å². The van der Waals surface area contributed by atoms with Crippen LogP contribution in [0.25, 0.3) is 0 Å². The van der Waals surface area contributed by atoms with Crippen molar-refractivity contribution in [2.45, 2.75) is 4.90 Å². The van der Waals surface area contributed by atoms with E-state index in [0.717, 1.165) is 0 Å². The van der Waals surface area contributed by atoms with Crippen molar-refractivity contribution in [2.24, 2.45) is 0 Å². The lowest BCUT2D eigenvalue weighted by molar-refractivity contribution is 0.0687. The second-order valence-corrected chi connectivity index (χ2v) is 9.37. The molecule has 3 rings (SSSR count). The lowest BCUT2D eigenvalue weighted by Gasteiger charge is -2.11. The molecule has 0 aliphatic rings. The van der Waals surface area contributed by atoms with Crippen LogP contribution in [0, 0.1) is 7.14 Å². The first-order valence-electron chi connectivity index (χ1n) is 8.08. The molecule has 0 atom stereocenters. The molecule has 30 heavy (non-hydrogen) atoms. The maximum atomic E-state index is 12.7. The first-order chi connectivity index (χ1) is 14.2. The molecule has 0 bridgehead atoms. The molecule has 3 aromatic rings. The Kier molecular flexibility index (Phi) is 7.05. The molecule has 0 spiro atoms. The van der Waals surface area contributed by atoms with Gasteiger partial charge in [-0.2, -0.15) is 8.42 Å². The van der Waals surface area contributed by atoms with Gasteiger partial charge in [-0.1, -0.05) is 18.2 Å². The summed E-state index contributed by atoms with van der Waals surface area (Å²) in [6.07, 6.45) is 1.34. The lowest BCUT2D eigenvalue weighted by atomic mass is 10.2. The van der Waals surface area contributed by atoms with Gasteiger partial charge in [-0.15, -0.1) is 0 Å². The Bertz CT molecular complexity index is 1210. The van der Waals surface area contributed by atoms with Gasteiger partial charge in [0.25, 0.3) is 10.1 Å². The van der Waals surface area contributed by atoms with Gasteiger partial charge in [-0.25, -0.2) is 14.6 Å². The molecule has 0 saturated heterocycles. The van der Waals surface area contributed by atoms with Gasteiger partial charge in [0.05, 0.1) is 5.56 Å². The van der Waals surface area contributed by atoms with E-state index in [1.807, 2.05) is 0 Å². The van der Waals surface area contributed by atoms with Crippen LogP contribution in [-0.2, 0) is 10.1 Å². The molecule has 11 heteroatoms. The number of benzene rings is 2. The number of rotatable bonds is 5. The number of ether oxygens (including phenoxy) is 2. The molecule has 8 nitrogen and oxygen atoms in total. The zero-order chi connectivity index (χ0) is 21.9. The second kappa shape index (κ2) is 9.36. The Labute approximate surface area is 198 Å². The predicted octanol–water partition coefficient (Wildman–Crippen LogP) is 3.98. The van der Waals surface area contributed by atoms with E-state index < -0.39 is 22.1 Å². The average molecular weight is 651 g/mol. The Morgan fingerprint density at radius 3 is 2.07 bits per heavy atom. The van der Waals surface area contributed by atoms with E-state index in [9.17, 15) is 22.6 Å². The molecule has 0 unspecified atom stereocenters. The second-order valence-electron chi connectivity index (χ2n) is 5.68. The highest BCUT2D eigenvalue weighted by atomic mass is 127. The van der Waals surface area contributed by atoms with E-state index in [-0.39, 0.29) is 34.8 Å². The monoisotopic (exact) mass is 651 g/mol. The van der Waals surface area contributed by atoms with Gasteiger partial charge in [-0.3, -0.25) is 4.55 Å². The van der Waals surface area contributed by atoms with Crippen molar-refractivity contribution in [1.82, 2.24) is 4.98 Å². The van der Waals surface area contributed by atoms with Gasteiger partial charge in [0.1, 0.15) is 16.4 Å². The highest BCUT2D eigenvalue weighted by molar-refractivity contribution is 14.1. The van der Waals surface area contributed by atoms with E-state index >= 15 is 0 Å². The van der Waals surface area contributed by atoms with Crippen molar-refractivity contribution in [3.8, 4) is 11.5 Å². The number of esters is 2. The Hall–Kier alpha value is -2.10. The topological polar surface area (TPSA) is 120 Å². The minimum Gasteiger partial charge on any atom is -0.423 e. The molecule has 1 heterocycles. The Morgan fingerprint density at radius 2 is 1.47 bits per heavy atom. The normalized spacial score (nSPS) is 11.0. The zero-order valence-electron chi connectivity index (χ0n) is 14.8. The lowest BCUT2D eigenvalue weighted by Crippen LogP contribution is -2.19. The van der Waals surface area contributed by atoms with Gasteiger partial charge in [0.2, 0.25) is 0 Å². The predicted molar refractivity (Wildman–Crippen MR) is 122 cm³/mol. The molecule has 1 aromatic heterocycles. The number of carbonyl (C=O) groups excluding carboxylic acids is 2. The van der Waals surface area contributed by atoms with Gasteiger partial charge in [-0.05, 0) is 81.6 Å². The molecule has 154 valence electrons. The molecule has 0 aliphatic carbocycles. The first kappa shape index (κ1) is 22.6. The van der Waals surface area contributed by atoms with Crippen LogP contribution in [0.1, 0.15) is 20.8 Å². The number of hydrogen-bond acceptors (Lipinski definition) is 7. The molecule has 0 fully saturated rings. The third kappa shape index (κ3) is 5.33. The van der Waals surface area contributed by atoms with Crippen LogP contribution in [0.5, 0.6) is 11.5 Å². The SMILES string of the molecule is O=C(Oc1cc(I)c(S(=O)(=O)O)c(I)c1)c1cccnc1C(=O)Oc1ccccc1. The smallest absolute Gasteiger partial charge is 0.363 e. The molecule has 0 amide bonds. The van der Waals surface area contributed by atoms with Gasteiger partial charge in [0, 0.05) is 13.3 Å². The first-order valence-corrected chi connectivity index (χ1v) is 11.7. The fourth-order valence-corrected chi connectivity index (χ4v) is 6.37. The van der Waals surface area contributed by atoms with Crippen molar-refractivity contribution in [1.29, 1.82) is 0 Å². The summed E-state index contributed by atoms with van der Waals surface area (Å²) in [6.45, 7) is 0. The molecule has 0 aliphatic heterocycles. The third-order valence-electron chi connectivity index (χ3n) is 3.62. The molecule has 1 N–H and O–H groups in total. The van der Waals surface area contributed by atoms with Gasteiger partial charge in [0.15, 0.2) is 5.69 Å². The van der Waals surface area contributed by atoms with Crippen LogP contribution >= 0.6 is 45.2 Å². The third-order valence-corrected chi connectivity index (χ3v) is 7.00. The van der Waals surface area contributed by atoms with Crippen LogP contribution in [-0.4, -0.2) is 29.9 Å². The standard InChI is InChI=1S/C19H11I2NO7S/c20-14-9-12(10-15(21)17(14)30(25,26)27)29-18(23)13-7-4-8-22-16(13)19(24)28-11-5-2-1-3-6-11/h1-10H,(H,25,26,27). The minimum atomic E-state index is -4.44. The highest BCUT2D eigenvalue weighted by Crippen LogP contribution is 2.29. The summed E-state index contributed by atoms with van der Waals surface area (Å²) in [6, 6.07) is 13.7. The summed E-state index contributed by atoms with van der Waals surface area (Å²) < 4.78 is 43.1. The van der Waals surface area contributed by atoms with E-state index in [0.29, 0.717) is 0 Å². The maximum Gasteiger partial charge on any atom is 0.363 e. The molecular weight excluding hydrogens is 640 g/mol. The van der Waals surface area contributed by atoms with E-state index in [4.69, 9.17) is 9.47 Å². The summed E-state index contributed by atoms with van der Waals surface area (Å²) in [5, 5.41) is 0. The largest absolute Gasteiger partial charge is 0.423 e. The highest BCUT2D eigenvalue weighted by Gasteiger charge is 2.24. The molecule has 0 saturated carbocycles. The number of aromatic nitrogens is 1. The summed E-state index contributed by atoms with van der Waals surface area (Å²) in [4.78, 5) is 28.8. The van der Waals surface area contributed by atoms with Crippen LogP contribution in [0.4, 0.5) is 0 Å². The number of nitrogens with zero attached hydrogens (tertiary/aromatic N) is 1. The van der Waals surface area contributed by atoms with Crippen LogP contribution in [0.2, 0.25) is 0 Å². The van der Waals surface area contributed by atoms with Crippen LogP contribution in [0.15, 0.2) is 65.7 Å². The van der Waals surface area contributed by atoms with Crippen molar-refractivity contribution < 1.29 is 32.0 Å². The minimum absolute atomic E-state index is 0.0347. The Morgan fingerprint density at radius 1 is 0.867 bits per heavy atom. The summed E-state index contributed by atoms with van der Waals surface area (Å²) >= 11 is 3.41. The molecule has 2 aromatic carbocycles. The average Bonchev–Trinajstić information content (AvgIpc) is 2.67. The fraction of sp³-hybridized carbons (Fsp3) is 0. The summed E-state index contributed by atoms with van der Waals surface area (Å²) in [5.74, 6) is -1.39. The summed E-state index contributed by atoms with van der Waals surface area (Å²) in [5.41, 5.74) is -0.354. The number of carbonyl (C=O) groups is 2. The quantitative estimate of drug-likeness (QED) is 0.191. The molecular formula is C19H11I2NO7S. The number of pyridine rings is 1. The maximum absolute atomic E-state index is 12.7. The van der Waals surface area contributed by atoms with E-state index in [2.05, 4.69) is 4.98 Å². The number of hydrogen-bond donors (Lipinski definition) is 1. The van der Waals surface area contributed by atoms with Gasteiger partial charge < -0.3 is 9.47 Å².